The molecule has 1 aliphatic carbocycles. The zero-order valence-corrected chi connectivity index (χ0v) is 9.31. The summed E-state index contributed by atoms with van der Waals surface area (Å²) in [6, 6.07) is 3.84. The lowest BCUT2D eigenvalue weighted by atomic mass is 10.2. The molecule has 16 heavy (non-hydrogen) atoms. The first kappa shape index (κ1) is 9.51. The van der Waals surface area contributed by atoms with Crippen LogP contribution in [0.5, 0.6) is 5.75 Å². The van der Waals surface area contributed by atoms with E-state index >= 15 is 0 Å². The van der Waals surface area contributed by atoms with E-state index in [1.54, 1.807) is 4.68 Å². The summed E-state index contributed by atoms with van der Waals surface area (Å²) >= 11 is 0. The number of aromatic nitrogens is 2. The third-order valence-electron chi connectivity index (χ3n) is 2.92. The molecule has 2 N–H and O–H groups in total. The lowest BCUT2D eigenvalue weighted by Gasteiger charge is -2.07. The fourth-order valence-electron chi connectivity index (χ4n) is 1.81. The molecule has 0 aliphatic heterocycles. The van der Waals surface area contributed by atoms with Crippen LogP contribution in [0.4, 0.5) is 5.69 Å². The van der Waals surface area contributed by atoms with E-state index in [9.17, 15) is 0 Å². The van der Waals surface area contributed by atoms with Crippen molar-refractivity contribution in [2.24, 2.45) is 13.0 Å². The number of fused-ring (bicyclic) bond motifs is 1. The number of aryl methyl sites for hydroxylation is 1. The zero-order valence-electron chi connectivity index (χ0n) is 9.31. The molecule has 0 amide bonds. The number of benzene rings is 1. The third-order valence-corrected chi connectivity index (χ3v) is 2.92. The van der Waals surface area contributed by atoms with Crippen LogP contribution in [-0.4, -0.2) is 16.4 Å². The van der Waals surface area contributed by atoms with E-state index in [0.717, 1.165) is 29.2 Å². The molecule has 1 saturated carbocycles. The van der Waals surface area contributed by atoms with Gasteiger partial charge >= 0.3 is 0 Å². The quantitative estimate of drug-likeness (QED) is 0.799. The topological polar surface area (TPSA) is 53.1 Å². The summed E-state index contributed by atoms with van der Waals surface area (Å²) in [5.41, 5.74) is 7.57. The van der Waals surface area contributed by atoms with E-state index in [4.69, 9.17) is 10.5 Å². The number of anilines is 1. The molecule has 0 spiro atoms. The Labute approximate surface area is 94.0 Å². The second kappa shape index (κ2) is 3.40. The SMILES string of the molecule is Cn1cc2cc(N)c(OCC3CC3)cc2n1. The molecule has 1 aliphatic rings. The van der Waals surface area contributed by atoms with Crippen LogP contribution in [0.15, 0.2) is 18.3 Å². The van der Waals surface area contributed by atoms with Crippen molar-refractivity contribution in [1.82, 2.24) is 9.78 Å². The van der Waals surface area contributed by atoms with E-state index in [-0.39, 0.29) is 0 Å². The molecule has 0 unspecified atom stereocenters. The fourth-order valence-corrected chi connectivity index (χ4v) is 1.81. The highest BCUT2D eigenvalue weighted by molar-refractivity contribution is 5.84. The van der Waals surface area contributed by atoms with Crippen molar-refractivity contribution in [2.45, 2.75) is 12.8 Å². The fraction of sp³-hybridized carbons (Fsp3) is 0.417. The smallest absolute Gasteiger partial charge is 0.144 e. The number of hydrogen-bond donors (Lipinski definition) is 1. The molecule has 0 saturated heterocycles. The van der Waals surface area contributed by atoms with Crippen LogP contribution in [0.1, 0.15) is 12.8 Å². The first-order valence-corrected chi connectivity index (χ1v) is 5.58. The van der Waals surface area contributed by atoms with Gasteiger partial charge in [-0.25, -0.2) is 0 Å². The van der Waals surface area contributed by atoms with Crippen molar-refractivity contribution in [3.8, 4) is 5.75 Å². The summed E-state index contributed by atoms with van der Waals surface area (Å²) in [5.74, 6) is 1.50. The Hall–Kier alpha value is -1.71. The Bertz CT molecular complexity index is 528. The van der Waals surface area contributed by atoms with Gasteiger partial charge in [0.05, 0.1) is 17.8 Å². The van der Waals surface area contributed by atoms with E-state index in [1.165, 1.54) is 12.8 Å². The van der Waals surface area contributed by atoms with Crippen molar-refractivity contribution >= 4 is 16.6 Å². The summed E-state index contributed by atoms with van der Waals surface area (Å²) in [6.45, 7) is 0.780. The molecule has 1 fully saturated rings. The van der Waals surface area contributed by atoms with Gasteiger partial charge in [-0.05, 0) is 24.8 Å². The van der Waals surface area contributed by atoms with Crippen LogP contribution in [-0.2, 0) is 7.05 Å². The minimum absolute atomic E-state index is 0.696. The van der Waals surface area contributed by atoms with E-state index in [2.05, 4.69) is 5.10 Å². The van der Waals surface area contributed by atoms with Crippen molar-refractivity contribution in [2.75, 3.05) is 12.3 Å². The standard InChI is InChI=1S/C12H15N3O/c1-15-6-9-4-10(13)12(5-11(9)14-15)16-7-8-2-3-8/h4-6,8H,2-3,7,13H2,1H3. The van der Waals surface area contributed by atoms with E-state index in [0.29, 0.717) is 5.69 Å². The molecule has 1 aromatic heterocycles. The highest BCUT2D eigenvalue weighted by Crippen LogP contribution is 2.32. The molecule has 1 aromatic carbocycles. The van der Waals surface area contributed by atoms with Crippen LogP contribution in [0, 0.1) is 5.92 Å². The number of rotatable bonds is 3. The first-order valence-electron chi connectivity index (χ1n) is 5.58. The highest BCUT2D eigenvalue weighted by Gasteiger charge is 2.22. The van der Waals surface area contributed by atoms with Crippen molar-refractivity contribution in [3.63, 3.8) is 0 Å². The Balaban J connectivity index is 1.92. The molecular weight excluding hydrogens is 202 g/mol. The van der Waals surface area contributed by atoms with Crippen LogP contribution < -0.4 is 10.5 Å². The number of nitrogens with zero attached hydrogens (tertiary/aromatic N) is 2. The molecule has 0 atom stereocenters. The van der Waals surface area contributed by atoms with Gasteiger partial charge in [0, 0.05) is 24.7 Å². The largest absolute Gasteiger partial charge is 0.491 e. The predicted molar refractivity (Wildman–Crippen MR) is 63.3 cm³/mol. The molecule has 2 aromatic rings. The molecule has 0 radical (unpaired) electrons. The maximum absolute atomic E-state index is 5.94. The summed E-state index contributed by atoms with van der Waals surface area (Å²) in [6.07, 6.45) is 4.52. The van der Waals surface area contributed by atoms with Gasteiger partial charge in [-0.3, -0.25) is 4.68 Å². The monoisotopic (exact) mass is 217 g/mol. The van der Waals surface area contributed by atoms with Gasteiger partial charge in [0.25, 0.3) is 0 Å². The van der Waals surface area contributed by atoms with Crippen LogP contribution in [0.25, 0.3) is 10.9 Å². The van der Waals surface area contributed by atoms with Gasteiger partial charge in [-0.15, -0.1) is 0 Å². The van der Waals surface area contributed by atoms with Crippen LogP contribution in [0.2, 0.25) is 0 Å². The number of ether oxygens (including phenoxy) is 1. The maximum Gasteiger partial charge on any atom is 0.144 e. The maximum atomic E-state index is 5.94. The lowest BCUT2D eigenvalue weighted by Crippen LogP contribution is -2.01. The van der Waals surface area contributed by atoms with Gasteiger partial charge in [-0.2, -0.15) is 5.10 Å². The Morgan fingerprint density at radius 1 is 1.50 bits per heavy atom. The molecule has 4 nitrogen and oxygen atoms in total. The van der Waals surface area contributed by atoms with E-state index in [1.807, 2.05) is 25.4 Å². The second-order valence-corrected chi connectivity index (χ2v) is 4.51. The third kappa shape index (κ3) is 1.71. The normalized spacial score (nSPS) is 15.6. The summed E-state index contributed by atoms with van der Waals surface area (Å²) in [4.78, 5) is 0. The summed E-state index contributed by atoms with van der Waals surface area (Å²) in [7, 11) is 1.90. The summed E-state index contributed by atoms with van der Waals surface area (Å²) < 4.78 is 7.49. The molecule has 84 valence electrons. The predicted octanol–water partition coefficient (Wildman–Crippen LogP) is 1.94. The highest BCUT2D eigenvalue weighted by atomic mass is 16.5. The van der Waals surface area contributed by atoms with Gasteiger partial charge in [-0.1, -0.05) is 0 Å². The average molecular weight is 217 g/mol. The van der Waals surface area contributed by atoms with Crippen LogP contribution in [0.3, 0.4) is 0 Å². The molecule has 1 heterocycles. The minimum Gasteiger partial charge on any atom is -0.491 e. The number of hydrogen-bond acceptors (Lipinski definition) is 3. The Morgan fingerprint density at radius 2 is 2.31 bits per heavy atom. The molecule has 4 heteroatoms. The molecule has 0 bridgehead atoms. The lowest BCUT2D eigenvalue weighted by molar-refractivity contribution is 0.301. The van der Waals surface area contributed by atoms with Gasteiger partial charge < -0.3 is 10.5 Å². The molecular formula is C12H15N3O. The number of nitrogen functional groups attached to an aromatic ring is 1. The van der Waals surface area contributed by atoms with Crippen molar-refractivity contribution in [3.05, 3.63) is 18.3 Å². The van der Waals surface area contributed by atoms with Gasteiger partial charge in [0.1, 0.15) is 5.75 Å². The minimum atomic E-state index is 0.696. The summed E-state index contributed by atoms with van der Waals surface area (Å²) in [5, 5.41) is 5.39. The second-order valence-electron chi connectivity index (χ2n) is 4.51. The average Bonchev–Trinajstić information content (AvgIpc) is 2.98. The van der Waals surface area contributed by atoms with Crippen LogP contribution >= 0.6 is 0 Å². The Morgan fingerprint density at radius 3 is 3.06 bits per heavy atom. The zero-order chi connectivity index (χ0) is 11.1. The van der Waals surface area contributed by atoms with Crippen molar-refractivity contribution < 1.29 is 4.74 Å². The van der Waals surface area contributed by atoms with Gasteiger partial charge in [0.2, 0.25) is 0 Å². The van der Waals surface area contributed by atoms with E-state index < -0.39 is 0 Å². The Kier molecular flexibility index (Phi) is 2.02. The van der Waals surface area contributed by atoms with Gasteiger partial charge in [0.15, 0.2) is 0 Å². The molecule has 3 rings (SSSR count). The first-order chi connectivity index (χ1) is 7.72. The van der Waals surface area contributed by atoms with Crippen molar-refractivity contribution in [1.29, 1.82) is 0 Å². The number of nitrogens with two attached hydrogens (primary N) is 1.